The Morgan fingerprint density at radius 1 is 1.15 bits per heavy atom. The van der Waals surface area contributed by atoms with Gasteiger partial charge in [-0.1, -0.05) is 19.1 Å². The van der Waals surface area contributed by atoms with Gasteiger partial charge in [0.1, 0.15) is 0 Å². The smallest absolute Gasteiger partial charge is 0.355 e. The first-order chi connectivity index (χ1) is 8.93. The minimum Gasteiger partial charge on any atom is -0.355 e. The molecule has 0 bridgehead atoms. The minimum atomic E-state index is -4.34. The molecular formula is C13H18ClF3N2O. The van der Waals surface area contributed by atoms with Crippen molar-refractivity contribution in [2.24, 2.45) is 0 Å². The fraction of sp³-hybridized carbons (Fsp3) is 0.462. The van der Waals surface area contributed by atoms with Crippen molar-refractivity contribution in [2.45, 2.75) is 19.5 Å². The summed E-state index contributed by atoms with van der Waals surface area (Å²) in [6.45, 7) is 3.97. The fourth-order valence-corrected chi connectivity index (χ4v) is 1.53. The van der Waals surface area contributed by atoms with Gasteiger partial charge < -0.3 is 10.6 Å². The van der Waals surface area contributed by atoms with Crippen molar-refractivity contribution in [3.63, 3.8) is 0 Å². The molecule has 1 aromatic carbocycles. The number of nitrogens with one attached hydrogen (secondary N) is 2. The van der Waals surface area contributed by atoms with Gasteiger partial charge >= 0.3 is 6.18 Å². The van der Waals surface area contributed by atoms with Gasteiger partial charge in [0.2, 0.25) is 5.91 Å². The largest absolute Gasteiger partial charge is 0.416 e. The number of hydrogen-bond acceptors (Lipinski definition) is 2. The van der Waals surface area contributed by atoms with Crippen molar-refractivity contribution in [3.05, 3.63) is 35.4 Å². The Morgan fingerprint density at radius 2 is 1.75 bits per heavy atom. The summed E-state index contributed by atoms with van der Waals surface area (Å²) >= 11 is 0. The monoisotopic (exact) mass is 310 g/mol. The number of benzene rings is 1. The normalized spacial score (nSPS) is 10.8. The first-order valence-corrected chi connectivity index (χ1v) is 6.07. The van der Waals surface area contributed by atoms with Crippen molar-refractivity contribution in [1.82, 2.24) is 10.6 Å². The van der Waals surface area contributed by atoms with Gasteiger partial charge in [-0.25, -0.2) is 0 Å². The molecule has 0 aliphatic rings. The van der Waals surface area contributed by atoms with E-state index in [9.17, 15) is 18.0 Å². The number of halogens is 4. The summed E-state index contributed by atoms with van der Waals surface area (Å²) in [5.41, 5.74) is -0.141. The van der Waals surface area contributed by atoms with E-state index < -0.39 is 11.7 Å². The maximum absolute atomic E-state index is 12.3. The van der Waals surface area contributed by atoms with Crippen LogP contribution in [0.4, 0.5) is 13.2 Å². The van der Waals surface area contributed by atoms with Crippen LogP contribution in [0.3, 0.4) is 0 Å². The van der Waals surface area contributed by atoms with Gasteiger partial charge in [0.05, 0.1) is 12.0 Å². The minimum absolute atomic E-state index is 0. The van der Waals surface area contributed by atoms with Crippen molar-refractivity contribution < 1.29 is 18.0 Å². The third kappa shape index (κ3) is 6.77. The molecule has 7 heteroatoms. The van der Waals surface area contributed by atoms with Gasteiger partial charge in [-0.2, -0.15) is 13.2 Å². The molecule has 1 amide bonds. The molecule has 1 rings (SSSR count). The summed E-state index contributed by atoms with van der Waals surface area (Å²) in [4.78, 5) is 11.5. The molecule has 2 N–H and O–H groups in total. The van der Waals surface area contributed by atoms with Crippen LogP contribution in [0, 0.1) is 0 Å². The van der Waals surface area contributed by atoms with Crippen molar-refractivity contribution in [3.8, 4) is 0 Å². The van der Waals surface area contributed by atoms with Gasteiger partial charge in [0.25, 0.3) is 0 Å². The summed E-state index contributed by atoms with van der Waals surface area (Å²) in [7, 11) is 0. The van der Waals surface area contributed by atoms with Crippen LogP contribution in [-0.4, -0.2) is 25.5 Å². The van der Waals surface area contributed by atoms with E-state index in [2.05, 4.69) is 10.6 Å². The quantitative estimate of drug-likeness (QED) is 0.792. The van der Waals surface area contributed by atoms with E-state index in [1.807, 2.05) is 6.92 Å². The standard InChI is InChI=1S/C13H17F3N2O.ClH/c1-2-17-7-8-18-12(19)9-10-3-5-11(6-4-10)13(14,15)16;/h3-6,17H,2,7-9H2,1H3,(H,18,19);1H. The molecule has 0 fully saturated rings. The Balaban J connectivity index is 0.00000361. The summed E-state index contributed by atoms with van der Waals surface area (Å²) < 4.78 is 37.0. The number of carbonyl (C=O) groups excluding carboxylic acids is 1. The second kappa shape index (κ2) is 8.81. The van der Waals surface area contributed by atoms with Crippen LogP contribution in [0.2, 0.25) is 0 Å². The predicted octanol–water partition coefficient (Wildman–Crippen LogP) is 2.40. The predicted molar refractivity (Wildman–Crippen MR) is 73.9 cm³/mol. The molecule has 0 unspecified atom stereocenters. The second-order valence-electron chi connectivity index (χ2n) is 4.07. The van der Waals surface area contributed by atoms with E-state index >= 15 is 0 Å². The Morgan fingerprint density at radius 3 is 2.25 bits per heavy atom. The van der Waals surface area contributed by atoms with Crippen molar-refractivity contribution in [2.75, 3.05) is 19.6 Å². The lowest BCUT2D eigenvalue weighted by Crippen LogP contribution is -2.32. The highest BCUT2D eigenvalue weighted by Gasteiger charge is 2.29. The number of likely N-dealkylation sites (N-methyl/N-ethyl adjacent to an activating group) is 1. The molecule has 1 aromatic rings. The Hall–Kier alpha value is -1.27. The first-order valence-electron chi connectivity index (χ1n) is 6.07. The zero-order chi connectivity index (χ0) is 14.3. The molecule has 0 aliphatic carbocycles. The molecule has 0 saturated carbocycles. The molecule has 0 heterocycles. The third-order valence-electron chi connectivity index (χ3n) is 2.52. The van der Waals surface area contributed by atoms with Crippen LogP contribution in [0.5, 0.6) is 0 Å². The maximum atomic E-state index is 12.3. The van der Waals surface area contributed by atoms with E-state index in [1.54, 1.807) is 0 Å². The molecule has 0 aromatic heterocycles. The average Bonchev–Trinajstić information content (AvgIpc) is 2.34. The summed E-state index contributed by atoms with van der Waals surface area (Å²) in [6, 6.07) is 4.63. The molecule has 20 heavy (non-hydrogen) atoms. The molecule has 0 aliphatic heterocycles. The molecule has 0 atom stereocenters. The van der Waals surface area contributed by atoms with Gasteiger partial charge in [-0.05, 0) is 24.2 Å². The van der Waals surface area contributed by atoms with E-state index in [-0.39, 0.29) is 24.7 Å². The van der Waals surface area contributed by atoms with Gasteiger partial charge in [-0.3, -0.25) is 4.79 Å². The topological polar surface area (TPSA) is 41.1 Å². The van der Waals surface area contributed by atoms with Crippen LogP contribution in [0.25, 0.3) is 0 Å². The van der Waals surface area contributed by atoms with Crippen molar-refractivity contribution in [1.29, 1.82) is 0 Å². The van der Waals surface area contributed by atoms with E-state index in [1.165, 1.54) is 12.1 Å². The Kier molecular flexibility index (Phi) is 8.25. The lowest BCUT2D eigenvalue weighted by molar-refractivity contribution is -0.137. The third-order valence-corrected chi connectivity index (χ3v) is 2.52. The number of rotatable bonds is 6. The molecule has 0 radical (unpaired) electrons. The van der Waals surface area contributed by atoms with E-state index in [0.29, 0.717) is 18.7 Å². The van der Waals surface area contributed by atoms with Crippen LogP contribution >= 0.6 is 12.4 Å². The van der Waals surface area contributed by atoms with Gasteiger partial charge in [0, 0.05) is 13.1 Å². The van der Waals surface area contributed by atoms with Crippen LogP contribution in [0.15, 0.2) is 24.3 Å². The van der Waals surface area contributed by atoms with Crippen LogP contribution < -0.4 is 10.6 Å². The maximum Gasteiger partial charge on any atom is 0.416 e. The number of alkyl halides is 3. The zero-order valence-electron chi connectivity index (χ0n) is 11.1. The highest BCUT2D eigenvalue weighted by atomic mass is 35.5. The zero-order valence-corrected chi connectivity index (χ0v) is 11.9. The molecule has 3 nitrogen and oxygen atoms in total. The van der Waals surface area contributed by atoms with Crippen LogP contribution in [0.1, 0.15) is 18.1 Å². The summed E-state index contributed by atoms with van der Waals surface area (Å²) in [5, 5.41) is 5.74. The lowest BCUT2D eigenvalue weighted by Gasteiger charge is -2.08. The second-order valence-corrected chi connectivity index (χ2v) is 4.07. The molecular weight excluding hydrogens is 293 g/mol. The van der Waals surface area contributed by atoms with E-state index in [4.69, 9.17) is 0 Å². The highest BCUT2D eigenvalue weighted by molar-refractivity contribution is 5.85. The first kappa shape index (κ1) is 18.7. The number of hydrogen-bond donors (Lipinski definition) is 2. The Labute approximate surface area is 122 Å². The molecule has 0 saturated heterocycles. The summed E-state index contributed by atoms with van der Waals surface area (Å²) in [5.74, 6) is -0.197. The molecule has 0 spiro atoms. The number of amides is 1. The van der Waals surface area contributed by atoms with Gasteiger partial charge in [-0.15, -0.1) is 12.4 Å². The van der Waals surface area contributed by atoms with Crippen molar-refractivity contribution >= 4 is 18.3 Å². The SMILES string of the molecule is CCNCCNC(=O)Cc1ccc(C(F)(F)F)cc1.Cl. The Bertz CT molecular complexity index is 407. The summed E-state index contributed by atoms with van der Waals surface area (Å²) in [6.07, 6.45) is -4.25. The fourth-order valence-electron chi connectivity index (χ4n) is 1.53. The van der Waals surface area contributed by atoms with E-state index in [0.717, 1.165) is 18.7 Å². The lowest BCUT2D eigenvalue weighted by atomic mass is 10.1. The number of carbonyl (C=O) groups is 1. The molecule has 114 valence electrons. The highest BCUT2D eigenvalue weighted by Crippen LogP contribution is 2.29. The average molecular weight is 311 g/mol. The van der Waals surface area contributed by atoms with Gasteiger partial charge in [0.15, 0.2) is 0 Å². The van der Waals surface area contributed by atoms with Crippen LogP contribution in [-0.2, 0) is 17.4 Å².